The van der Waals surface area contributed by atoms with E-state index in [0.717, 1.165) is 0 Å². The Morgan fingerprint density at radius 3 is 2.65 bits per heavy atom. The zero-order valence-corrected chi connectivity index (χ0v) is 17.3. The number of hydrogen-bond acceptors (Lipinski definition) is 8. The van der Waals surface area contributed by atoms with Gasteiger partial charge in [0.25, 0.3) is 21.6 Å². The number of amides is 1. The molecule has 1 atom stereocenters. The van der Waals surface area contributed by atoms with Gasteiger partial charge in [-0.2, -0.15) is 0 Å². The molecule has 0 saturated heterocycles. The van der Waals surface area contributed by atoms with Gasteiger partial charge in [0.05, 0.1) is 9.82 Å². The molecule has 162 valence electrons. The topological polar surface area (TPSA) is 157 Å². The number of rotatable bonds is 6. The van der Waals surface area contributed by atoms with Crippen molar-refractivity contribution >= 4 is 39.1 Å². The molecule has 1 heterocycles. The molecule has 1 amide bonds. The van der Waals surface area contributed by atoms with Gasteiger partial charge in [-0.1, -0.05) is 12.1 Å². The Hall–Kier alpha value is -3.80. The summed E-state index contributed by atoms with van der Waals surface area (Å²) in [6.07, 6.45) is 0. The number of aryl methyl sites for hydroxylation is 1. The fourth-order valence-corrected chi connectivity index (χ4v) is 4.06. The second-order valence-electron chi connectivity index (χ2n) is 6.67. The quantitative estimate of drug-likeness (QED) is 0.387. The van der Waals surface area contributed by atoms with Crippen LogP contribution >= 0.6 is 0 Å². The van der Waals surface area contributed by atoms with Crippen molar-refractivity contribution in [3.05, 3.63) is 63.7 Å². The number of benzene rings is 2. The van der Waals surface area contributed by atoms with Gasteiger partial charge in [0.2, 0.25) is 0 Å². The summed E-state index contributed by atoms with van der Waals surface area (Å²) in [5.74, 6) is -1.45. The molecule has 2 aromatic carbocycles. The van der Waals surface area contributed by atoms with Gasteiger partial charge in [-0.05, 0) is 37.6 Å². The van der Waals surface area contributed by atoms with Crippen molar-refractivity contribution in [3.8, 4) is 0 Å². The van der Waals surface area contributed by atoms with E-state index in [1.165, 1.54) is 31.2 Å². The predicted molar refractivity (Wildman–Crippen MR) is 110 cm³/mol. The van der Waals surface area contributed by atoms with Gasteiger partial charge in [-0.3, -0.25) is 24.6 Å². The Kier molecular flexibility index (Phi) is 6.02. The highest BCUT2D eigenvalue weighted by Crippen LogP contribution is 2.23. The first-order valence-electron chi connectivity index (χ1n) is 9.00. The highest BCUT2D eigenvalue weighted by molar-refractivity contribution is 7.90. The number of amidine groups is 1. The van der Waals surface area contributed by atoms with Crippen LogP contribution in [0.4, 0.5) is 11.4 Å². The number of fused-ring (bicyclic) bond motifs is 1. The third kappa shape index (κ3) is 4.86. The lowest BCUT2D eigenvalue weighted by atomic mass is 10.2. The van der Waals surface area contributed by atoms with E-state index in [1.54, 1.807) is 25.1 Å². The van der Waals surface area contributed by atoms with Gasteiger partial charge in [0.1, 0.15) is 11.9 Å². The summed E-state index contributed by atoms with van der Waals surface area (Å²) in [6, 6.07) is 9.06. The summed E-state index contributed by atoms with van der Waals surface area (Å²) in [5.41, 5.74) is 1.05. The monoisotopic (exact) mass is 446 g/mol. The normalized spacial score (nSPS) is 16.1. The van der Waals surface area contributed by atoms with Crippen LogP contribution in [-0.4, -0.2) is 43.7 Å². The first-order valence-corrected chi connectivity index (χ1v) is 10.5. The van der Waals surface area contributed by atoms with Crippen molar-refractivity contribution in [3.63, 3.8) is 0 Å². The van der Waals surface area contributed by atoms with Crippen LogP contribution in [-0.2, 0) is 24.3 Å². The average molecular weight is 446 g/mol. The third-order valence-corrected chi connectivity index (χ3v) is 5.76. The van der Waals surface area contributed by atoms with Crippen LogP contribution in [0.25, 0.3) is 0 Å². The number of non-ortho nitro benzene ring substituents is 1. The van der Waals surface area contributed by atoms with Gasteiger partial charge < -0.3 is 10.1 Å². The van der Waals surface area contributed by atoms with Crippen LogP contribution in [0, 0.1) is 17.0 Å². The third-order valence-electron chi connectivity index (χ3n) is 4.37. The molecule has 31 heavy (non-hydrogen) atoms. The fourth-order valence-electron chi connectivity index (χ4n) is 2.82. The van der Waals surface area contributed by atoms with Crippen LogP contribution in [0.15, 0.2) is 52.4 Å². The van der Waals surface area contributed by atoms with Crippen molar-refractivity contribution in [2.75, 3.05) is 11.9 Å². The largest absolute Gasteiger partial charge is 0.454 e. The lowest BCUT2D eigenvalue weighted by Crippen LogP contribution is -2.29. The lowest BCUT2D eigenvalue weighted by molar-refractivity contribution is -0.384. The van der Waals surface area contributed by atoms with Crippen LogP contribution in [0.1, 0.15) is 18.1 Å². The number of nitrogens with zero attached hydrogens (tertiary/aromatic N) is 2. The number of nitrogens with one attached hydrogen (secondary N) is 2. The van der Waals surface area contributed by atoms with E-state index in [-0.39, 0.29) is 16.4 Å². The number of ether oxygens (including phenoxy) is 1. The SMILES string of the molecule is Cc1cc([N+](=O)[O-])ccc1NC(=O)COC(=O)[C@H](C)N=C1NS(=O)(=O)c2ccccc21. The minimum absolute atomic E-state index is 0.0195. The molecule has 11 nitrogen and oxygen atoms in total. The smallest absolute Gasteiger partial charge is 0.331 e. The standard InChI is InChI=1S/C19H18N4O7S/c1-11-9-13(23(26)27)7-8-15(11)21-17(24)10-30-19(25)12(2)20-18-14-5-3-4-6-16(14)31(28,29)22-18/h3-9,12H,10H2,1-2H3,(H,20,22)(H,21,24)/t12-/m0/s1. The summed E-state index contributed by atoms with van der Waals surface area (Å²) in [7, 11) is -3.74. The van der Waals surface area contributed by atoms with Crippen molar-refractivity contribution in [1.29, 1.82) is 0 Å². The number of aliphatic imine (C=N–C) groups is 1. The molecule has 0 aromatic heterocycles. The molecule has 0 spiro atoms. The van der Waals surface area contributed by atoms with E-state index in [9.17, 15) is 28.1 Å². The zero-order chi connectivity index (χ0) is 22.8. The van der Waals surface area contributed by atoms with E-state index in [4.69, 9.17) is 4.74 Å². The van der Waals surface area contributed by atoms with Gasteiger partial charge in [0.15, 0.2) is 6.61 Å². The maximum absolute atomic E-state index is 12.2. The number of nitro groups is 1. The van der Waals surface area contributed by atoms with Crippen molar-refractivity contribution in [2.45, 2.75) is 24.8 Å². The summed E-state index contributed by atoms with van der Waals surface area (Å²) < 4.78 is 31.4. The first kappa shape index (κ1) is 21.9. The Balaban J connectivity index is 1.60. The Labute approximate surface area is 177 Å². The fraction of sp³-hybridized carbons (Fsp3) is 0.211. The lowest BCUT2D eigenvalue weighted by Gasteiger charge is -2.11. The van der Waals surface area contributed by atoms with E-state index >= 15 is 0 Å². The number of sulfonamides is 1. The maximum atomic E-state index is 12.2. The summed E-state index contributed by atoms with van der Waals surface area (Å²) in [6.45, 7) is 2.39. The number of nitro benzene ring substituents is 1. The zero-order valence-electron chi connectivity index (χ0n) is 16.5. The molecule has 0 unspecified atom stereocenters. The van der Waals surface area contributed by atoms with Gasteiger partial charge >= 0.3 is 5.97 Å². The number of anilines is 1. The van der Waals surface area contributed by atoms with Crippen LogP contribution in [0.3, 0.4) is 0 Å². The highest BCUT2D eigenvalue weighted by Gasteiger charge is 2.31. The number of carbonyl (C=O) groups excluding carboxylic acids is 2. The van der Waals surface area contributed by atoms with Gasteiger partial charge in [-0.15, -0.1) is 0 Å². The second-order valence-corrected chi connectivity index (χ2v) is 8.32. The molecule has 0 saturated carbocycles. The minimum Gasteiger partial charge on any atom is -0.454 e. The van der Waals surface area contributed by atoms with Crippen LogP contribution in [0.2, 0.25) is 0 Å². The van der Waals surface area contributed by atoms with Crippen LogP contribution < -0.4 is 10.0 Å². The molecule has 1 aliphatic heterocycles. The van der Waals surface area contributed by atoms with E-state index in [2.05, 4.69) is 15.0 Å². The molecule has 1 aliphatic rings. The van der Waals surface area contributed by atoms with Crippen molar-refractivity contribution in [2.24, 2.45) is 4.99 Å². The molecule has 3 rings (SSSR count). The molecule has 2 aromatic rings. The van der Waals surface area contributed by atoms with Crippen molar-refractivity contribution < 1.29 is 27.7 Å². The molecule has 12 heteroatoms. The Bertz CT molecular complexity index is 1210. The molecular formula is C19H18N4O7S. The number of hydrogen-bond donors (Lipinski definition) is 2. The summed E-state index contributed by atoms with van der Waals surface area (Å²) >= 11 is 0. The molecule has 0 fully saturated rings. The number of esters is 1. The van der Waals surface area contributed by atoms with Crippen molar-refractivity contribution in [1.82, 2.24) is 4.72 Å². The van der Waals surface area contributed by atoms with E-state index in [1.807, 2.05) is 0 Å². The predicted octanol–water partition coefficient (Wildman–Crippen LogP) is 1.51. The molecule has 0 bridgehead atoms. The second kappa shape index (κ2) is 8.52. The molecule has 0 aliphatic carbocycles. The number of carbonyl (C=O) groups is 2. The molecule has 2 N–H and O–H groups in total. The first-order chi connectivity index (χ1) is 14.6. The molecular weight excluding hydrogens is 428 g/mol. The highest BCUT2D eigenvalue weighted by atomic mass is 32.2. The van der Waals surface area contributed by atoms with E-state index in [0.29, 0.717) is 16.8 Å². The average Bonchev–Trinajstić information content (AvgIpc) is 2.97. The van der Waals surface area contributed by atoms with E-state index < -0.39 is 39.5 Å². The Morgan fingerprint density at radius 1 is 1.26 bits per heavy atom. The maximum Gasteiger partial charge on any atom is 0.331 e. The summed E-state index contributed by atoms with van der Waals surface area (Å²) in [4.78, 5) is 38.6. The molecule has 0 radical (unpaired) electrons. The Morgan fingerprint density at radius 2 is 1.97 bits per heavy atom. The van der Waals surface area contributed by atoms with Gasteiger partial charge in [0, 0.05) is 23.4 Å². The summed E-state index contributed by atoms with van der Waals surface area (Å²) in [5, 5.41) is 13.3. The van der Waals surface area contributed by atoms with Gasteiger partial charge in [-0.25, -0.2) is 13.2 Å². The van der Waals surface area contributed by atoms with Crippen LogP contribution in [0.5, 0.6) is 0 Å². The minimum atomic E-state index is -3.74.